The van der Waals surface area contributed by atoms with Gasteiger partial charge < -0.3 is 10.6 Å². The predicted molar refractivity (Wildman–Crippen MR) is 97.7 cm³/mol. The van der Waals surface area contributed by atoms with Crippen LogP contribution in [-0.4, -0.2) is 41.4 Å². The molecule has 1 aromatic rings. The number of carbonyl (C=O) groups is 4. The van der Waals surface area contributed by atoms with Gasteiger partial charge >= 0.3 is 12.1 Å². The van der Waals surface area contributed by atoms with Crippen molar-refractivity contribution in [3.8, 4) is 0 Å². The molecule has 1 atom stereocenters. The Bertz CT molecular complexity index is 792. The van der Waals surface area contributed by atoms with Crippen LogP contribution in [0.4, 0.5) is 9.59 Å². The zero-order valence-corrected chi connectivity index (χ0v) is 15.5. The molecule has 3 N–H and O–H groups in total. The molecule has 1 fully saturated rings. The molecule has 2 aliphatic rings. The molecule has 1 unspecified atom stereocenters. The topological polar surface area (TPSA) is 108 Å². The highest BCUT2D eigenvalue weighted by molar-refractivity contribution is 6.10. The molecule has 1 saturated heterocycles. The third-order valence-electron chi connectivity index (χ3n) is 4.88. The minimum absolute atomic E-state index is 0.139. The van der Waals surface area contributed by atoms with Crippen LogP contribution in [0.2, 0.25) is 0 Å². The minimum Gasteiger partial charge on any atom is -0.336 e. The molecular formula is C19H24N4O4. The molecule has 0 aromatic heterocycles. The van der Waals surface area contributed by atoms with Crippen LogP contribution in [0.5, 0.6) is 0 Å². The number of amides is 6. The van der Waals surface area contributed by atoms with E-state index in [1.54, 1.807) is 13.8 Å². The van der Waals surface area contributed by atoms with Gasteiger partial charge in [-0.25, -0.2) is 9.59 Å². The lowest BCUT2D eigenvalue weighted by molar-refractivity contribution is -0.135. The van der Waals surface area contributed by atoms with Crippen molar-refractivity contribution in [1.29, 1.82) is 0 Å². The van der Waals surface area contributed by atoms with Crippen LogP contribution in [-0.2, 0) is 21.5 Å². The Balaban J connectivity index is 1.79. The summed E-state index contributed by atoms with van der Waals surface area (Å²) < 4.78 is 0. The molecule has 27 heavy (non-hydrogen) atoms. The molecule has 1 heterocycles. The second-order valence-corrected chi connectivity index (χ2v) is 7.27. The quantitative estimate of drug-likeness (QED) is 0.697. The monoisotopic (exact) mass is 372 g/mol. The molecule has 1 aliphatic heterocycles. The van der Waals surface area contributed by atoms with Crippen LogP contribution in [0.15, 0.2) is 24.3 Å². The van der Waals surface area contributed by atoms with E-state index in [0.717, 1.165) is 35.3 Å². The van der Waals surface area contributed by atoms with Crippen molar-refractivity contribution in [2.24, 2.45) is 0 Å². The van der Waals surface area contributed by atoms with Gasteiger partial charge in [-0.2, -0.15) is 0 Å². The van der Waals surface area contributed by atoms with E-state index >= 15 is 0 Å². The van der Waals surface area contributed by atoms with Crippen LogP contribution >= 0.6 is 0 Å². The summed E-state index contributed by atoms with van der Waals surface area (Å²) in [6.07, 6.45) is 3.05. The lowest BCUT2D eigenvalue weighted by Crippen LogP contribution is -2.48. The van der Waals surface area contributed by atoms with Crippen molar-refractivity contribution in [1.82, 2.24) is 20.9 Å². The number of rotatable bonds is 3. The molecule has 0 bridgehead atoms. The Labute approximate surface area is 157 Å². The average molecular weight is 372 g/mol. The lowest BCUT2D eigenvalue weighted by atomic mass is 9.84. The maximum atomic E-state index is 13.2. The number of benzene rings is 1. The number of carbonyl (C=O) groups excluding carboxylic acids is 4. The summed E-state index contributed by atoms with van der Waals surface area (Å²) >= 11 is 0. The molecule has 1 aliphatic carbocycles. The van der Waals surface area contributed by atoms with Crippen molar-refractivity contribution >= 4 is 23.9 Å². The third-order valence-corrected chi connectivity index (χ3v) is 4.88. The van der Waals surface area contributed by atoms with Gasteiger partial charge in [0.2, 0.25) is 5.91 Å². The molecule has 8 nitrogen and oxygen atoms in total. The van der Waals surface area contributed by atoms with E-state index in [-0.39, 0.29) is 6.04 Å². The van der Waals surface area contributed by atoms with Gasteiger partial charge in [-0.05, 0) is 50.7 Å². The van der Waals surface area contributed by atoms with E-state index in [2.05, 4.69) is 16.0 Å². The highest BCUT2D eigenvalue weighted by atomic mass is 16.2. The van der Waals surface area contributed by atoms with Gasteiger partial charge in [-0.15, -0.1) is 0 Å². The first-order chi connectivity index (χ1) is 12.8. The summed E-state index contributed by atoms with van der Waals surface area (Å²) in [6, 6.07) is 6.17. The van der Waals surface area contributed by atoms with Gasteiger partial charge in [-0.3, -0.25) is 19.8 Å². The summed E-state index contributed by atoms with van der Waals surface area (Å²) in [7, 11) is 0. The number of nitrogens with zero attached hydrogens (tertiary/aromatic N) is 1. The smallest absolute Gasteiger partial charge is 0.325 e. The fourth-order valence-corrected chi connectivity index (χ4v) is 3.72. The Morgan fingerprint density at radius 1 is 1.22 bits per heavy atom. The first kappa shape index (κ1) is 18.9. The second-order valence-electron chi connectivity index (χ2n) is 7.27. The van der Waals surface area contributed by atoms with E-state index < -0.39 is 36.0 Å². The number of hydrogen-bond donors (Lipinski definition) is 3. The molecule has 6 amide bonds. The van der Waals surface area contributed by atoms with Crippen molar-refractivity contribution < 1.29 is 19.2 Å². The highest BCUT2D eigenvalue weighted by Gasteiger charge is 2.53. The van der Waals surface area contributed by atoms with Crippen molar-refractivity contribution in [2.75, 3.05) is 6.54 Å². The fraction of sp³-hybridized carbons (Fsp3) is 0.474. The largest absolute Gasteiger partial charge is 0.336 e. The zero-order chi connectivity index (χ0) is 19.6. The van der Waals surface area contributed by atoms with Gasteiger partial charge in [0.1, 0.15) is 12.1 Å². The van der Waals surface area contributed by atoms with Crippen molar-refractivity contribution in [2.45, 2.75) is 51.1 Å². The highest BCUT2D eigenvalue weighted by Crippen LogP contribution is 2.38. The van der Waals surface area contributed by atoms with Gasteiger partial charge in [0.25, 0.3) is 5.91 Å². The number of urea groups is 2. The first-order valence-corrected chi connectivity index (χ1v) is 9.16. The minimum atomic E-state index is -1.13. The Morgan fingerprint density at radius 3 is 2.70 bits per heavy atom. The van der Waals surface area contributed by atoms with E-state index in [4.69, 9.17) is 0 Å². The summed E-state index contributed by atoms with van der Waals surface area (Å²) in [5, 5.41) is 7.48. The van der Waals surface area contributed by atoms with Crippen LogP contribution in [0.3, 0.4) is 0 Å². The molecule has 0 radical (unpaired) electrons. The molecule has 0 saturated carbocycles. The van der Waals surface area contributed by atoms with Crippen LogP contribution in [0.25, 0.3) is 0 Å². The maximum absolute atomic E-state index is 13.2. The molecule has 8 heteroatoms. The maximum Gasteiger partial charge on any atom is 0.325 e. The molecule has 3 rings (SSSR count). The SMILES string of the molecule is CC(C)NC(=O)NC(=O)CN1C(=O)NC2(CCCCc3ccccc32)C1=O. The summed E-state index contributed by atoms with van der Waals surface area (Å²) in [5.74, 6) is -1.16. The summed E-state index contributed by atoms with van der Waals surface area (Å²) in [4.78, 5) is 50.3. The first-order valence-electron chi connectivity index (χ1n) is 9.16. The van der Waals surface area contributed by atoms with Crippen molar-refractivity contribution in [3.05, 3.63) is 35.4 Å². The number of aryl methyl sites for hydroxylation is 1. The van der Waals surface area contributed by atoms with E-state index in [1.165, 1.54) is 0 Å². The molecular weight excluding hydrogens is 348 g/mol. The number of hydrogen-bond acceptors (Lipinski definition) is 4. The van der Waals surface area contributed by atoms with Gasteiger partial charge in [0, 0.05) is 6.04 Å². The van der Waals surface area contributed by atoms with Crippen molar-refractivity contribution in [3.63, 3.8) is 0 Å². The molecule has 1 spiro atoms. The van der Waals surface area contributed by atoms with E-state index in [1.807, 2.05) is 24.3 Å². The standard InChI is InChI=1S/C19H24N4O4/c1-12(2)20-17(26)21-15(24)11-23-16(25)19(22-18(23)27)10-6-5-8-13-7-3-4-9-14(13)19/h3-4,7,9,12H,5-6,8,10-11H2,1-2H3,(H,22,27)(H2,20,21,24,26). The average Bonchev–Trinajstić information content (AvgIpc) is 2.74. The predicted octanol–water partition coefficient (Wildman–Crippen LogP) is 1.39. The van der Waals surface area contributed by atoms with Gasteiger partial charge in [-0.1, -0.05) is 24.3 Å². The van der Waals surface area contributed by atoms with E-state index in [9.17, 15) is 19.2 Å². The Morgan fingerprint density at radius 2 is 1.96 bits per heavy atom. The second kappa shape index (κ2) is 7.38. The zero-order valence-electron chi connectivity index (χ0n) is 15.5. The number of fused-ring (bicyclic) bond motifs is 2. The van der Waals surface area contributed by atoms with E-state index in [0.29, 0.717) is 6.42 Å². The Hall–Kier alpha value is -2.90. The normalized spacial score (nSPS) is 21.7. The molecule has 144 valence electrons. The molecule has 1 aromatic carbocycles. The third kappa shape index (κ3) is 3.65. The van der Waals surface area contributed by atoms with Gasteiger partial charge in [0.15, 0.2) is 0 Å². The summed E-state index contributed by atoms with van der Waals surface area (Å²) in [5.41, 5.74) is 0.692. The summed E-state index contributed by atoms with van der Waals surface area (Å²) in [6.45, 7) is 3.02. The van der Waals surface area contributed by atoms with Crippen LogP contribution < -0.4 is 16.0 Å². The Kier molecular flexibility index (Phi) is 5.16. The lowest BCUT2D eigenvalue weighted by Gasteiger charge is -2.27. The van der Waals surface area contributed by atoms with Gasteiger partial charge in [0.05, 0.1) is 0 Å². The van der Waals surface area contributed by atoms with Crippen LogP contribution in [0, 0.1) is 0 Å². The fourth-order valence-electron chi connectivity index (χ4n) is 3.72. The van der Waals surface area contributed by atoms with Crippen LogP contribution in [0.1, 0.15) is 44.2 Å². The number of nitrogens with one attached hydrogen (secondary N) is 3. The number of imide groups is 2.